The Kier molecular flexibility index (Phi) is 7.82. The molecule has 1 aromatic heterocycles. The molecule has 0 bridgehead atoms. The average Bonchev–Trinajstić information content (AvgIpc) is 3.14. The van der Waals surface area contributed by atoms with Gasteiger partial charge in [-0.15, -0.1) is 0 Å². The number of rotatable bonds is 6. The van der Waals surface area contributed by atoms with Gasteiger partial charge in [0.25, 0.3) is 5.56 Å². The van der Waals surface area contributed by atoms with Crippen molar-refractivity contribution in [1.82, 2.24) is 4.57 Å². The number of phenolic OH excluding ortho intramolecular Hbond substituents is 1. The van der Waals surface area contributed by atoms with E-state index in [-0.39, 0.29) is 33.8 Å². The van der Waals surface area contributed by atoms with Crippen LogP contribution >= 0.6 is 38.9 Å². The number of fused-ring (bicyclic) bond motifs is 1. The van der Waals surface area contributed by atoms with Gasteiger partial charge >= 0.3 is 5.97 Å². The molecule has 1 aliphatic rings. The van der Waals surface area contributed by atoms with Crippen LogP contribution in [0, 0.1) is 0 Å². The summed E-state index contributed by atoms with van der Waals surface area (Å²) in [5, 5.41) is 10.2. The van der Waals surface area contributed by atoms with Crippen molar-refractivity contribution >= 4 is 50.9 Å². The Labute approximate surface area is 230 Å². The van der Waals surface area contributed by atoms with Gasteiger partial charge in [-0.25, -0.2) is 9.79 Å². The number of hydrogen-bond acceptors (Lipinski definition) is 8. The zero-order valence-electron chi connectivity index (χ0n) is 20.7. The molecule has 37 heavy (non-hydrogen) atoms. The Bertz CT molecular complexity index is 1610. The van der Waals surface area contributed by atoms with E-state index in [9.17, 15) is 14.7 Å². The van der Waals surface area contributed by atoms with E-state index < -0.39 is 12.0 Å². The van der Waals surface area contributed by atoms with Crippen molar-refractivity contribution in [3.8, 4) is 17.2 Å². The van der Waals surface area contributed by atoms with Gasteiger partial charge in [0.05, 0.1) is 41.1 Å². The Morgan fingerprint density at radius 3 is 2.57 bits per heavy atom. The number of carbonyl (C=O) groups excluding carboxylic acids is 1. The monoisotopic (exact) mass is 606 g/mol. The highest BCUT2D eigenvalue weighted by molar-refractivity contribution is 9.10. The first-order valence-electron chi connectivity index (χ1n) is 11.2. The van der Waals surface area contributed by atoms with Crippen molar-refractivity contribution in [3.63, 3.8) is 0 Å². The number of hydrogen-bond donors (Lipinski definition) is 1. The van der Waals surface area contributed by atoms with E-state index in [0.717, 1.165) is 4.47 Å². The Morgan fingerprint density at radius 2 is 1.92 bits per heavy atom. The molecule has 0 spiro atoms. The molecule has 2 heterocycles. The van der Waals surface area contributed by atoms with Crippen molar-refractivity contribution in [2.24, 2.45) is 4.99 Å². The fourth-order valence-corrected chi connectivity index (χ4v) is 5.70. The van der Waals surface area contributed by atoms with Crippen LogP contribution in [0.4, 0.5) is 0 Å². The Morgan fingerprint density at radius 1 is 1.22 bits per heavy atom. The molecular formula is C26H24BrClN2O6S. The quantitative estimate of drug-likeness (QED) is 0.419. The fourth-order valence-electron chi connectivity index (χ4n) is 4.06. The minimum atomic E-state index is -0.838. The van der Waals surface area contributed by atoms with Gasteiger partial charge in [0.2, 0.25) is 0 Å². The van der Waals surface area contributed by atoms with Gasteiger partial charge in [0, 0.05) is 10.0 Å². The predicted molar refractivity (Wildman–Crippen MR) is 145 cm³/mol. The lowest BCUT2D eigenvalue weighted by Gasteiger charge is -2.26. The maximum absolute atomic E-state index is 13.8. The highest BCUT2D eigenvalue weighted by Crippen LogP contribution is 2.38. The van der Waals surface area contributed by atoms with Crippen LogP contribution in [0.2, 0.25) is 5.02 Å². The van der Waals surface area contributed by atoms with Crippen molar-refractivity contribution in [1.29, 1.82) is 0 Å². The summed E-state index contributed by atoms with van der Waals surface area (Å²) in [7, 11) is 2.94. The molecule has 8 nitrogen and oxygen atoms in total. The summed E-state index contributed by atoms with van der Waals surface area (Å²) in [6, 6.07) is 7.66. The van der Waals surface area contributed by atoms with E-state index in [1.807, 2.05) is 12.1 Å². The third-order valence-electron chi connectivity index (χ3n) is 5.64. The number of benzene rings is 2. The number of esters is 1. The van der Waals surface area contributed by atoms with E-state index in [0.29, 0.717) is 31.9 Å². The second kappa shape index (κ2) is 10.7. The molecule has 0 amide bonds. The van der Waals surface area contributed by atoms with Gasteiger partial charge in [-0.3, -0.25) is 9.36 Å². The third-order valence-corrected chi connectivity index (χ3v) is 7.40. The number of nitrogens with zero attached hydrogens (tertiary/aromatic N) is 2. The molecule has 194 valence electrons. The van der Waals surface area contributed by atoms with Gasteiger partial charge in [-0.2, -0.15) is 0 Å². The number of methoxy groups -OCH3 is 2. The summed E-state index contributed by atoms with van der Waals surface area (Å²) in [5.74, 6) is -0.0683. The number of aromatic nitrogens is 1. The molecule has 0 saturated heterocycles. The first-order valence-corrected chi connectivity index (χ1v) is 13.2. The molecule has 0 saturated carbocycles. The molecular weight excluding hydrogens is 584 g/mol. The molecule has 0 radical (unpaired) electrons. The number of allylic oxidation sites excluding steroid dienone is 1. The lowest BCUT2D eigenvalue weighted by atomic mass is 9.95. The smallest absolute Gasteiger partial charge is 0.338 e. The molecule has 0 unspecified atom stereocenters. The van der Waals surface area contributed by atoms with Gasteiger partial charge < -0.3 is 19.3 Å². The van der Waals surface area contributed by atoms with E-state index in [2.05, 4.69) is 20.9 Å². The summed E-state index contributed by atoms with van der Waals surface area (Å²) in [5.41, 5.74) is 1.49. The van der Waals surface area contributed by atoms with Gasteiger partial charge in [-0.1, -0.05) is 38.9 Å². The van der Waals surface area contributed by atoms with Crippen LogP contribution < -0.4 is 24.4 Å². The first-order chi connectivity index (χ1) is 17.5. The van der Waals surface area contributed by atoms with Gasteiger partial charge in [0.1, 0.15) is 11.8 Å². The number of phenols is 1. The van der Waals surface area contributed by atoms with Crippen LogP contribution in [-0.4, -0.2) is 36.0 Å². The maximum Gasteiger partial charge on any atom is 0.338 e. The minimum Gasteiger partial charge on any atom is -0.503 e. The molecule has 11 heteroatoms. The standard InChI is InChI=1S/C26H24BrClN2O6S/c1-12(2)36-25(33)21-13(3)29-26-30(22(21)16-11-15(27)6-7-18(16)34-4)24(32)20(37-26)10-14-8-17(28)23(31)19(9-14)35-5/h6-12,22,31H,1-5H3/b20-10-/t22-/m0/s1. The largest absolute Gasteiger partial charge is 0.503 e. The highest BCUT2D eigenvalue weighted by atomic mass is 79.9. The van der Waals surface area contributed by atoms with E-state index in [1.165, 1.54) is 36.2 Å². The fraction of sp³-hybridized carbons (Fsp3) is 0.269. The van der Waals surface area contributed by atoms with E-state index in [1.54, 1.807) is 39.0 Å². The summed E-state index contributed by atoms with van der Waals surface area (Å²) in [6.07, 6.45) is 1.27. The SMILES string of the molecule is COc1ccc(Br)cc1[C@H]1C(C(=O)OC(C)C)=C(C)N=c2s/c(=C\c3cc(Cl)c(O)c(OC)c3)c(=O)n21. The molecule has 2 aromatic carbocycles. The van der Waals surface area contributed by atoms with E-state index in [4.69, 9.17) is 25.8 Å². The number of thiazole rings is 1. The lowest BCUT2D eigenvalue weighted by Crippen LogP contribution is -2.40. The van der Waals surface area contributed by atoms with Crippen LogP contribution in [0.1, 0.15) is 37.9 Å². The Hall–Kier alpha value is -3.08. The molecule has 1 atom stereocenters. The minimum absolute atomic E-state index is 0.0877. The van der Waals surface area contributed by atoms with Crippen LogP contribution in [0.5, 0.6) is 17.2 Å². The highest BCUT2D eigenvalue weighted by Gasteiger charge is 2.35. The molecule has 4 rings (SSSR count). The zero-order valence-corrected chi connectivity index (χ0v) is 23.8. The van der Waals surface area contributed by atoms with Crippen molar-refractivity contribution in [2.75, 3.05) is 14.2 Å². The molecule has 1 aliphatic heterocycles. The third kappa shape index (κ3) is 5.18. The summed E-state index contributed by atoms with van der Waals surface area (Å²) >= 11 is 10.8. The topological polar surface area (TPSA) is 99.4 Å². The van der Waals surface area contributed by atoms with Gasteiger partial charge in [-0.05, 0) is 62.7 Å². The second-order valence-corrected chi connectivity index (χ2v) is 10.8. The summed E-state index contributed by atoms with van der Waals surface area (Å²) < 4.78 is 18.9. The zero-order chi connectivity index (χ0) is 27.0. The van der Waals surface area contributed by atoms with Gasteiger partial charge in [0.15, 0.2) is 16.3 Å². The molecule has 3 aromatic rings. The molecule has 0 aliphatic carbocycles. The number of halogens is 2. The average molecular weight is 608 g/mol. The molecule has 1 N–H and O–H groups in total. The van der Waals surface area contributed by atoms with Crippen LogP contribution in [0.15, 0.2) is 55.9 Å². The maximum atomic E-state index is 13.8. The summed E-state index contributed by atoms with van der Waals surface area (Å²) in [4.78, 5) is 32.1. The number of aromatic hydroxyl groups is 1. The van der Waals surface area contributed by atoms with Crippen LogP contribution in [0.3, 0.4) is 0 Å². The van der Waals surface area contributed by atoms with Crippen LogP contribution in [-0.2, 0) is 9.53 Å². The number of carbonyl (C=O) groups is 1. The first kappa shape index (κ1) is 27.0. The number of ether oxygens (including phenoxy) is 3. The second-order valence-electron chi connectivity index (χ2n) is 8.48. The van der Waals surface area contributed by atoms with Crippen molar-refractivity contribution < 1.29 is 24.1 Å². The van der Waals surface area contributed by atoms with Crippen molar-refractivity contribution in [3.05, 3.63) is 81.9 Å². The van der Waals surface area contributed by atoms with Crippen LogP contribution in [0.25, 0.3) is 6.08 Å². The molecule has 0 fully saturated rings. The van der Waals surface area contributed by atoms with Crippen molar-refractivity contribution in [2.45, 2.75) is 32.9 Å². The summed E-state index contributed by atoms with van der Waals surface area (Å²) in [6.45, 7) is 5.24. The lowest BCUT2D eigenvalue weighted by molar-refractivity contribution is -0.143. The normalized spacial score (nSPS) is 15.5. The predicted octanol–water partition coefficient (Wildman–Crippen LogP) is 4.33. The van der Waals surface area contributed by atoms with E-state index >= 15 is 0 Å². The Balaban J connectivity index is 2.00.